The van der Waals surface area contributed by atoms with E-state index < -0.39 is 5.44 Å². The van der Waals surface area contributed by atoms with E-state index in [0.29, 0.717) is 5.02 Å². The van der Waals surface area contributed by atoms with Gasteiger partial charge in [-0.25, -0.2) is 0 Å². The van der Waals surface area contributed by atoms with Gasteiger partial charge in [-0.1, -0.05) is 35.5 Å². The number of aliphatic hydroxyl groups is 1. The molecule has 1 fully saturated rings. The lowest BCUT2D eigenvalue weighted by Gasteiger charge is -2.08. The number of benzene rings is 1. The van der Waals surface area contributed by atoms with Gasteiger partial charge in [0.05, 0.1) is 0 Å². The van der Waals surface area contributed by atoms with Crippen molar-refractivity contribution < 1.29 is 9.90 Å². The van der Waals surface area contributed by atoms with Crippen LogP contribution in [0.25, 0.3) is 0 Å². The molecule has 3 nitrogen and oxygen atoms in total. The highest BCUT2D eigenvalue weighted by atomic mass is 35.5. The SMILES string of the molecule is O=C1NC(c2ccc(Cl)cc2)SC1O. The summed E-state index contributed by atoms with van der Waals surface area (Å²) in [4.78, 5) is 11.0. The Morgan fingerprint density at radius 2 is 2.00 bits per heavy atom. The fourth-order valence-corrected chi connectivity index (χ4v) is 2.30. The van der Waals surface area contributed by atoms with Crippen LogP contribution in [0.2, 0.25) is 5.02 Å². The Morgan fingerprint density at radius 3 is 2.50 bits per heavy atom. The molecule has 0 saturated carbocycles. The van der Waals surface area contributed by atoms with E-state index in [1.807, 2.05) is 12.1 Å². The Balaban J connectivity index is 2.17. The first kappa shape index (κ1) is 9.83. The van der Waals surface area contributed by atoms with Crippen LogP contribution in [-0.2, 0) is 4.79 Å². The van der Waals surface area contributed by atoms with Crippen LogP contribution in [-0.4, -0.2) is 16.4 Å². The molecule has 0 bridgehead atoms. The van der Waals surface area contributed by atoms with Gasteiger partial charge in [-0.2, -0.15) is 0 Å². The number of carbonyl (C=O) groups excluding carboxylic acids is 1. The fourth-order valence-electron chi connectivity index (χ4n) is 1.22. The van der Waals surface area contributed by atoms with Crippen LogP contribution >= 0.6 is 23.4 Å². The summed E-state index contributed by atoms with van der Waals surface area (Å²) in [7, 11) is 0. The minimum atomic E-state index is -0.962. The molecule has 2 rings (SSSR count). The Kier molecular flexibility index (Phi) is 2.67. The first-order chi connectivity index (χ1) is 6.66. The molecular weight excluding hydrogens is 222 g/mol. The Labute approximate surface area is 90.5 Å². The normalized spacial score (nSPS) is 26.3. The van der Waals surface area contributed by atoms with Crippen LogP contribution in [0.3, 0.4) is 0 Å². The quantitative estimate of drug-likeness (QED) is 0.768. The number of hydrogen-bond acceptors (Lipinski definition) is 3. The predicted octanol–water partition coefficient (Wildman–Crippen LogP) is 1.52. The van der Waals surface area contributed by atoms with Gasteiger partial charge in [-0.3, -0.25) is 4.79 Å². The summed E-state index contributed by atoms with van der Waals surface area (Å²) in [6, 6.07) is 7.18. The number of amides is 1. The maximum Gasteiger partial charge on any atom is 0.260 e. The largest absolute Gasteiger partial charge is 0.373 e. The number of rotatable bonds is 1. The lowest BCUT2D eigenvalue weighted by Crippen LogP contribution is -2.23. The lowest BCUT2D eigenvalue weighted by atomic mass is 10.2. The van der Waals surface area contributed by atoms with Crippen molar-refractivity contribution in [3.05, 3.63) is 34.9 Å². The first-order valence-electron chi connectivity index (χ1n) is 4.06. The molecule has 2 unspecified atom stereocenters. The van der Waals surface area contributed by atoms with Gasteiger partial charge >= 0.3 is 0 Å². The van der Waals surface area contributed by atoms with E-state index in [0.717, 1.165) is 5.56 Å². The van der Waals surface area contributed by atoms with E-state index in [1.54, 1.807) is 12.1 Å². The number of halogens is 1. The van der Waals surface area contributed by atoms with Crippen molar-refractivity contribution in [3.63, 3.8) is 0 Å². The van der Waals surface area contributed by atoms with Gasteiger partial charge in [-0.15, -0.1) is 0 Å². The van der Waals surface area contributed by atoms with Crippen molar-refractivity contribution in [2.24, 2.45) is 0 Å². The smallest absolute Gasteiger partial charge is 0.260 e. The average Bonchev–Trinajstić information content (AvgIpc) is 2.48. The van der Waals surface area contributed by atoms with Gasteiger partial charge in [-0.05, 0) is 17.7 Å². The third-order valence-electron chi connectivity index (χ3n) is 1.94. The van der Waals surface area contributed by atoms with Crippen molar-refractivity contribution in [3.8, 4) is 0 Å². The van der Waals surface area contributed by atoms with E-state index in [-0.39, 0.29) is 11.3 Å². The molecule has 5 heteroatoms. The Morgan fingerprint density at radius 1 is 1.36 bits per heavy atom. The summed E-state index contributed by atoms with van der Waals surface area (Å²) in [6.07, 6.45) is 0. The molecule has 0 aliphatic carbocycles. The second kappa shape index (κ2) is 3.81. The summed E-state index contributed by atoms with van der Waals surface area (Å²) in [5.74, 6) is -0.338. The number of thioether (sulfide) groups is 1. The summed E-state index contributed by atoms with van der Waals surface area (Å²) >= 11 is 6.92. The number of carbonyl (C=O) groups is 1. The molecule has 2 N–H and O–H groups in total. The van der Waals surface area contributed by atoms with Crippen LogP contribution < -0.4 is 5.32 Å². The number of hydrogen-bond donors (Lipinski definition) is 2. The molecule has 1 aromatic rings. The van der Waals surface area contributed by atoms with Crippen LogP contribution in [0.1, 0.15) is 10.9 Å². The highest BCUT2D eigenvalue weighted by molar-refractivity contribution is 8.01. The maximum absolute atomic E-state index is 11.0. The van der Waals surface area contributed by atoms with Gasteiger partial charge < -0.3 is 10.4 Å². The standard InChI is InChI=1S/C9H8ClNO2S/c10-6-3-1-5(2-4-6)8-11-7(12)9(13)14-8/h1-4,8-9,13H,(H,11,12). The first-order valence-corrected chi connectivity index (χ1v) is 5.38. The molecule has 1 aromatic carbocycles. The van der Waals surface area contributed by atoms with Crippen LogP contribution in [0.4, 0.5) is 0 Å². The van der Waals surface area contributed by atoms with Gasteiger partial charge in [0.2, 0.25) is 0 Å². The van der Waals surface area contributed by atoms with Gasteiger partial charge in [0.1, 0.15) is 5.37 Å². The second-order valence-corrected chi connectivity index (χ2v) is 4.56. The summed E-state index contributed by atoms with van der Waals surface area (Å²) in [5.41, 5.74) is -0.0278. The summed E-state index contributed by atoms with van der Waals surface area (Å²) in [6.45, 7) is 0. The van der Waals surface area contributed by atoms with Crippen LogP contribution in [0.15, 0.2) is 24.3 Å². The van der Waals surface area contributed by atoms with Crippen molar-refractivity contribution >= 4 is 29.3 Å². The molecule has 0 spiro atoms. The molecule has 1 aliphatic rings. The molecular formula is C9H8ClNO2S. The number of aliphatic hydroxyl groups excluding tert-OH is 1. The van der Waals surface area contributed by atoms with E-state index in [1.165, 1.54) is 11.8 Å². The third-order valence-corrected chi connectivity index (χ3v) is 3.32. The van der Waals surface area contributed by atoms with Crippen LogP contribution in [0, 0.1) is 0 Å². The minimum Gasteiger partial charge on any atom is -0.373 e. The van der Waals surface area contributed by atoms with Gasteiger partial charge in [0.15, 0.2) is 5.44 Å². The van der Waals surface area contributed by atoms with Gasteiger partial charge in [0, 0.05) is 5.02 Å². The molecule has 14 heavy (non-hydrogen) atoms. The monoisotopic (exact) mass is 229 g/mol. The highest BCUT2D eigenvalue weighted by Crippen LogP contribution is 2.34. The van der Waals surface area contributed by atoms with Crippen molar-refractivity contribution in [1.29, 1.82) is 0 Å². The van der Waals surface area contributed by atoms with Crippen LogP contribution in [0.5, 0.6) is 0 Å². The van der Waals surface area contributed by atoms with Crippen molar-refractivity contribution in [2.75, 3.05) is 0 Å². The van der Waals surface area contributed by atoms with Crippen molar-refractivity contribution in [2.45, 2.75) is 10.8 Å². The Hall–Kier alpha value is -0.710. The zero-order chi connectivity index (χ0) is 10.1. The average molecular weight is 230 g/mol. The Bertz CT molecular complexity index is 354. The minimum absolute atomic E-state index is 0.172. The predicted molar refractivity (Wildman–Crippen MR) is 55.9 cm³/mol. The van der Waals surface area contributed by atoms with E-state index in [9.17, 15) is 9.90 Å². The molecule has 1 heterocycles. The molecule has 1 amide bonds. The second-order valence-electron chi connectivity index (χ2n) is 2.93. The highest BCUT2D eigenvalue weighted by Gasteiger charge is 2.31. The molecule has 2 atom stereocenters. The van der Waals surface area contributed by atoms with E-state index in [2.05, 4.69) is 5.32 Å². The third kappa shape index (κ3) is 1.87. The van der Waals surface area contributed by atoms with Crippen molar-refractivity contribution in [1.82, 2.24) is 5.32 Å². The zero-order valence-corrected chi connectivity index (χ0v) is 8.68. The molecule has 1 aliphatic heterocycles. The molecule has 0 radical (unpaired) electrons. The molecule has 1 saturated heterocycles. The lowest BCUT2D eigenvalue weighted by molar-refractivity contribution is -0.124. The molecule has 0 aromatic heterocycles. The van der Waals surface area contributed by atoms with Gasteiger partial charge in [0.25, 0.3) is 5.91 Å². The molecule has 74 valence electrons. The topological polar surface area (TPSA) is 49.3 Å². The summed E-state index contributed by atoms with van der Waals surface area (Å²) in [5, 5.41) is 12.4. The fraction of sp³-hybridized carbons (Fsp3) is 0.222. The van der Waals surface area contributed by atoms with E-state index >= 15 is 0 Å². The number of nitrogens with one attached hydrogen (secondary N) is 1. The summed E-state index contributed by atoms with van der Waals surface area (Å²) < 4.78 is 0. The van der Waals surface area contributed by atoms with E-state index in [4.69, 9.17) is 11.6 Å². The zero-order valence-electron chi connectivity index (χ0n) is 7.11. The maximum atomic E-state index is 11.0.